The highest BCUT2D eigenvalue weighted by Gasteiger charge is 2.79. The van der Waals surface area contributed by atoms with Crippen LogP contribution in [0.3, 0.4) is 0 Å². The summed E-state index contributed by atoms with van der Waals surface area (Å²) in [4.78, 5) is 11.8. The maximum atomic E-state index is 15.3. The molecule has 0 bridgehead atoms. The van der Waals surface area contributed by atoms with Crippen LogP contribution in [0.25, 0.3) is 0 Å². The van der Waals surface area contributed by atoms with Crippen molar-refractivity contribution in [3.8, 4) is 0 Å². The van der Waals surface area contributed by atoms with Crippen LogP contribution < -0.4 is 5.32 Å². The summed E-state index contributed by atoms with van der Waals surface area (Å²) < 4.78 is 90.2. The third-order valence-corrected chi connectivity index (χ3v) is 12.0. The van der Waals surface area contributed by atoms with Crippen molar-refractivity contribution in [3.63, 3.8) is 0 Å². The Hall–Kier alpha value is -2.28. The average Bonchev–Trinajstić information content (AvgIpc) is 3.28. The number of ether oxygens (including phenoxy) is 3. The third-order valence-electron chi connectivity index (χ3n) is 12.0. The lowest BCUT2D eigenvalue weighted by Gasteiger charge is -2.59. The van der Waals surface area contributed by atoms with Gasteiger partial charge in [-0.2, -0.15) is 22.0 Å². The van der Waals surface area contributed by atoms with Gasteiger partial charge in [0.05, 0.1) is 18.8 Å². The van der Waals surface area contributed by atoms with Gasteiger partial charge in [-0.05, 0) is 74.0 Å². The van der Waals surface area contributed by atoms with Crippen molar-refractivity contribution in [2.24, 2.45) is 22.7 Å². The topological polar surface area (TPSA) is 97.3 Å². The number of benzene rings is 1. The van der Waals surface area contributed by atoms with Crippen molar-refractivity contribution >= 4 is 6.09 Å². The van der Waals surface area contributed by atoms with Gasteiger partial charge in [0.25, 0.3) is 0 Å². The summed E-state index contributed by atoms with van der Waals surface area (Å²) in [6, 6.07) is 7.03. The number of nitrogens with one attached hydrogen (secondary N) is 1. The molecule has 1 saturated heterocycles. The molecule has 12 heteroatoms. The van der Waals surface area contributed by atoms with Gasteiger partial charge in [-0.15, -0.1) is 0 Å². The Morgan fingerprint density at radius 3 is 2.28 bits per heavy atom. The number of amides is 1. The lowest BCUT2D eigenvalue weighted by Crippen LogP contribution is -2.65. The predicted octanol–water partition coefficient (Wildman–Crippen LogP) is 7.16. The quantitative estimate of drug-likeness (QED) is 0.227. The van der Waals surface area contributed by atoms with Crippen LogP contribution in [0.15, 0.2) is 35.4 Å². The first-order valence-corrected chi connectivity index (χ1v) is 16.7. The number of carbonyl (C=O) groups excluding carboxylic acids is 1. The van der Waals surface area contributed by atoms with Crippen LogP contribution in [0.4, 0.5) is 26.7 Å². The third kappa shape index (κ3) is 5.49. The first-order valence-electron chi connectivity index (χ1n) is 16.7. The summed E-state index contributed by atoms with van der Waals surface area (Å²) in [5.41, 5.74) is -3.48. The number of hydrogen-bond donors (Lipinski definition) is 3. The Bertz CT molecular complexity index is 1400. The van der Waals surface area contributed by atoms with E-state index in [0.717, 1.165) is 11.1 Å². The zero-order valence-corrected chi connectivity index (χ0v) is 27.4. The van der Waals surface area contributed by atoms with Crippen molar-refractivity contribution in [3.05, 3.63) is 46.5 Å². The second-order valence-corrected chi connectivity index (χ2v) is 15.5. The number of halogens is 5. The number of hydrogen-bond acceptors (Lipinski definition) is 6. The summed E-state index contributed by atoms with van der Waals surface area (Å²) in [6.45, 7) is 8.59. The van der Waals surface area contributed by atoms with Crippen LogP contribution >= 0.6 is 0 Å². The summed E-state index contributed by atoms with van der Waals surface area (Å²) in [5, 5.41) is 26.4. The molecule has 4 aliphatic carbocycles. The molecule has 1 heterocycles. The number of fused-ring (bicyclic) bond motifs is 4. The lowest BCUT2D eigenvalue weighted by atomic mass is 9.49. The van der Waals surface area contributed by atoms with Gasteiger partial charge < -0.3 is 29.7 Å². The van der Waals surface area contributed by atoms with E-state index < -0.39 is 64.8 Å². The van der Waals surface area contributed by atoms with Gasteiger partial charge >= 0.3 is 18.2 Å². The molecule has 3 N–H and O–H groups in total. The average molecular weight is 672 g/mol. The van der Waals surface area contributed by atoms with E-state index in [4.69, 9.17) is 14.2 Å². The summed E-state index contributed by atoms with van der Waals surface area (Å²) >= 11 is 0. The van der Waals surface area contributed by atoms with E-state index in [-0.39, 0.29) is 37.7 Å². The maximum absolute atomic E-state index is 15.3. The molecule has 7 nitrogen and oxygen atoms in total. The Morgan fingerprint density at radius 2 is 1.66 bits per heavy atom. The molecule has 0 radical (unpaired) electrons. The lowest BCUT2D eigenvalue weighted by molar-refractivity contribution is -0.362. The molecule has 1 aromatic carbocycles. The molecule has 4 fully saturated rings. The van der Waals surface area contributed by atoms with Crippen molar-refractivity contribution in [2.45, 2.75) is 121 Å². The SMILES string of the molecule is CCNC(=O)OCc1ccc([C@H]2C[C@@]3(C)C(CC[C@@]3(O)C(F)(F)C(F)(F)F)C3CCC4(O)CC5(CCC4=C32)OCC(C)(C)CO5)cc1. The molecular formula is C35H46F5NO6. The minimum atomic E-state index is -5.92. The normalized spacial score (nSPS) is 36.4. The molecule has 0 aromatic heterocycles. The molecule has 6 rings (SSSR count). The summed E-state index contributed by atoms with van der Waals surface area (Å²) in [6.07, 6.45) is -5.50. The van der Waals surface area contributed by atoms with E-state index >= 15 is 8.78 Å². The number of aliphatic hydroxyl groups is 2. The minimum absolute atomic E-state index is 0.0106. The van der Waals surface area contributed by atoms with Gasteiger partial charge in [-0.25, -0.2) is 4.79 Å². The van der Waals surface area contributed by atoms with E-state index in [2.05, 4.69) is 5.32 Å². The van der Waals surface area contributed by atoms with Crippen LogP contribution in [-0.2, 0) is 20.8 Å². The molecule has 3 unspecified atom stereocenters. The molecule has 1 aliphatic heterocycles. The first kappa shape index (κ1) is 34.6. The Kier molecular flexibility index (Phi) is 8.38. The van der Waals surface area contributed by atoms with Gasteiger partial charge in [0.2, 0.25) is 0 Å². The van der Waals surface area contributed by atoms with Crippen LogP contribution in [0.1, 0.15) is 96.1 Å². The highest BCUT2D eigenvalue weighted by Crippen LogP contribution is 2.71. The fraction of sp³-hybridized carbons (Fsp3) is 0.743. The zero-order valence-electron chi connectivity index (χ0n) is 27.4. The first-order chi connectivity index (χ1) is 21.8. The van der Waals surface area contributed by atoms with Crippen molar-refractivity contribution in [1.82, 2.24) is 5.32 Å². The fourth-order valence-corrected chi connectivity index (χ4v) is 9.50. The Labute approximate surface area is 272 Å². The van der Waals surface area contributed by atoms with Gasteiger partial charge in [-0.3, -0.25) is 0 Å². The van der Waals surface area contributed by atoms with E-state index in [1.165, 1.54) is 6.92 Å². The van der Waals surface area contributed by atoms with Crippen molar-refractivity contribution < 1.29 is 51.2 Å². The van der Waals surface area contributed by atoms with E-state index in [1.54, 1.807) is 31.2 Å². The molecule has 47 heavy (non-hydrogen) atoms. The summed E-state index contributed by atoms with van der Waals surface area (Å²) in [7, 11) is 0. The van der Waals surface area contributed by atoms with E-state index in [9.17, 15) is 28.2 Å². The van der Waals surface area contributed by atoms with E-state index in [0.29, 0.717) is 50.1 Å². The van der Waals surface area contributed by atoms with Gasteiger partial charge in [0, 0.05) is 36.1 Å². The molecule has 1 spiro atoms. The van der Waals surface area contributed by atoms with Crippen molar-refractivity contribution in [2.75, 3.05) is 19.8 Å². The van der Waals surface area contributed by atoms with Crippen LogP contribution in [-0.4, -0.2) is 65.2 Å². The molecule has 262 valence electrons. The molecule has 3 saturated carbocycles. The minimum Gasteiger partial charge on any atom is -0.445 e. The van der Waals surface area contributed by atoms with Crippen LogP contribution in [0.5, 0.6) is 0 Å². The number of alkyl halides is 5. The van der Waals surface area contributed by atoms with E-state index in [1.807, 2.05) is 13.8 Å². The van der Waals surface area contributed by atoms with Gasteiger partial charge in [0.1, 0.15) is 12.2 Å². The second kappa shape index (κ2) is 11.4. The number of rotatable bonds is 5. The predicted molar refractivity (Wildman–Crippen MR) is 161 cm³/mol. The molecular weight excluding hydrogens is 625 g/mol. The fourth-order valence-electron chi connectivity index (χ4n) is 9.50. The number of carbonyl (C=O) groups is 1. The molecule has 1 amide bonds. The molecule has 6 atom stereocenters. The highest BCUT2D eigenvalue weighted by molar-refractivity contribution is 5.67. The van der Waals surface area contributed by atoms with Crippen LogP contribution in [0, 0.1) is 22.7 Å². The Morgan fingerprint density at radius 1 is 1.00 bits per heavy atom. The largest absolute Gasteiger partial charge is 0.456 e. The zero-order chi connectivity index (χ0) is 34.3. The second-order valence-electron chi connectivity index (χ2n) is 15.5. The number of alkyl carbamates (subject to hydrolysis) is 1. The smallest absolute Gasteiger partial charge is 0.445 e. The highest BCUT2D eigenvalue weighted by atomic mass is 19.4. The maximum Gasteiger partial charge on any atom is 0.456 e. The van der Waals surface area contributed by atoms with Crippen LogP contribution in [0.2, 0.25) is 0 Å². The standard InChI is InChI=1S/C35H46F5NO6/c1-5-41-28(42)45-17-21-6-8-22(9-7-21)24-16-30(4)25(12-15-33(30,44)34(36,37)35(38,39)40)23-10-13-31(43)18-32(14-11-26(31)27(23)24)46-19-29(2,3)20-47-32/h6-9,23-25,43-44H,5,10-20H2,1-4H3,(H,41,42)/t23?,24-,25?,30+,31?,33+/m1/s1. The Balaban J connectivity index is 1.40. The summed E-state index contributed by atoms with van der Waals surface area (Å²) in [5.74, 6) is -7.92. The molecule has 5 aliphatic rings. The van der Waals surface area contributed by atoms with Gasteiger partial charge in [-0.1, -0.05) is 50.6 Å². The van der Waals surface area contributed by atoms with Crippen molar-refractivity contribution in [1.29, 1.82) is 0 Å². The monoisotopic (exact) mass is 671 g/mol. The molecule has 1 aromatic rings. The number of allylic oxidation sites excluding steroid dienone is 1. The van der Waals surface area contributed by atoms with Gasteiger partial charge in [0.15, 0.2) is 5.79 Å².